The van der Waals surface area contributed by atoms with E-state index in [1.54, 1.807) is 24.2 Å². The molecule has 2 heterocycles. The van der Waals surface area contributed by atoms with Crippen LogP contribution in [-0.2, 0) is 17.7 Å². The van der Waals surface area contributed by atoms with Gasteiger partial charge in [-0.05, 0) is 40.9 Å². The molecule has 0 aliphatic carbocycles. The first-order valence-corrected chi connectivity index (χ1v) is 7.29. The summed E-state index contributed by atoms with van der Waals surface area (Å²) in [5.74, 6) is 0. The van der Waals surface area contributed by atoms with Crippen LogP contribution in [0.4, 0.5) is 0 Å². The summed E-state index contributed by atoms with van der Waals surface area (Å²) in [6.07, 6.45) is 4.22. The molecule has 1 atom stereocenters. The predicted octanol–water partition coefficient (Wildman–Crippen LogP) is 2.35. The molecule has 6 heteroatoms. The summed E-state index contributed by atoms with van der Waals surface area (Å²) in [5, 5.41) is 14.6. The molecule has 0 saturated carbocycles. The summed E-state index contributed by atoms with van der Waals surface area (Å²) < 4.78 is 7.65. The maximum absolute atomic E-state index is 10.4. The molecule has 1 N–H and O–H groups in total. The molecule has 0 aliphatic rings. The minimum atomic E-state index is -0.578. The third kappa shape index (κ3) is 3.88. The minimum absolute atomic E-state index is 0.564. The molecular weight excluding hydrogens is 322 g/mol. The maximum Gasteiger partial charge on any atom is 0.0971 e. The number of halogens is 1. The molecule has 0 aliphatic heterocycles. The van der Waals surface area contributed by atoms with E-state index in [-0.39, 0.29) is 0 Å². The summed E-state index contributed by atoms with van der Waals surface area (Å²) in [7, 11) is 1.65. The van der Waals surface area contributed by atoms with E-state index in [9.17, 15) is 5.11 Å². The molecule has 0 fully saturated rings. The van der Waals surface area contributed by atoms with E-state index in [0.717, 1.165) is 22.3 Å². The normalized spacial score (nSPS) is 12.6. The molecule has 20 heavy (non-hydrogen) atoms. The number of methoxy groups -OCH3 is 1. The molecule has 2 aromatic rings. The Balaban J connectivity index is 2.01. The number of aliphatic hydroxyl groups is 1. The van der Waals surface area contributed by atoms with Gasteiger partial charge in [0, 0.05) is 19.0 Å². The van der Waals surface area contributed by atoms with Crippen molar-refractivity contribution < 1.29 is 9.84 Å². The quantitative estimate of drug-likeness (QED) is 0.841. The largest absolute Gasteiger partial charge is 0.387 e. The monoisotopic (exact) mass is 339 g/mol. The zero-order valence-electron chi connectivity index (χ0n) is 11.4. The lowest BCUT2D eigenvalue weighted by molar-refractivity contribution is 0.145. The van der Waals surface area contributed by atoms with Crippen LogP contribution < -0.4 is 0 Å². The Labute approximate surface area is 126 Å². The van der Waals surface area contributed by atoms with Crippen molar-refractivity contribution in [2.45, 2.75) is 25.5 Å². The third-order valence-electron chi connectivity index (χ3n) is 3.06. The average Bonchev–Trinajstić information content (AvgIpc) is 2.84. The molecule has 2 aromatic heterocycles. The second-order valence-corrected chi connectivity index (χ2v) is 5.32. The van der Waals surface area contributed by atoms with Crippen molar-refractivity contribution in [1.82, 2.24) is 14.8 Å². The standard InChI is InChI=1S/C14H18BrN3O2/c1-20-9-8-18-14(12(15)10-17-18)13(19)6-5-11-4-2-3-7-16-11/h2-4,7,10,13,19H,5-6,8-9H2,1H3. The van der Waals surface area contributed by atoms with E-state index in [1.165, 1.54) is 0 Å². The van der Waals surface area contributed by atoms with E-state index in [1.807, 2.05) is 18.2 Å². The van der Waals surface area contributed by atoms with Crippen molar-refractivity contribution in [2.24, 2.45) is 0 Å². The van der Waals surface area contributed by atoms with Crippen LogP contribution in [0.25, 0.3) is 0 Å². The van der Waals surface area contributed by atoms with Crippen molar-refractivity contribution in [3.8, 4) is 0 Å². The van der Waals surface area contributed by atoms with Crippen molar-refractivity contribution in [3.63, 3.8) is 0 Å². The van der Waals surface area contributed by atoms with Crippen molar-refractivity contribution >= 4 is 15.9 Å². The number of hydrogen-bond donors (Lipinski definition) is 1. The Morgan fingerprint density at radius 3 is 3.00 bits per heavy atom. The van der Waals surface area contributed by atoms with Crippen molar-refractivity contribution in [2.75, 3.05) is 13.7 Å². The van der Waals surface area contributed by atoms with Gasteiger partial charge < -0.3 is 9.84 Å². The summed E-state index contributed by atoms with van der Waals surface area (Å²) >= 11 is 3.44. The Hall–Kier alpha value is -1.24. The average molecular weight is 340 g/mol. The van der Waals surface area contributed by atoms with Gasteiger partial charge in [-0.3, -0.25) is 9.67 Å². The fourth-order valence-electron chi connectivity index (χ4n) is 2.03. The van der Waals surface area contributed by atoms with Crippen LogP contribution in [0.5, 0.6) is 0 Å². The number of nitrogens with zero attached hydrogens (tertiary/aromatic N) is 3. The molecule has 5 nitrogen and oxygen atoms in total. The van der Waals surface area contributed by atoms with Gasteiger partial charge in [0.2, 0.25) is 0 Å². The lowest BCUT2D eigenvalue weighted by Gasteiger charge is -2.14. The third-order valence-corrected chi connectivity index (χ3v) is 3.67. The smallest absolute Gasteiger partial charge is 0.0971 e. The highest BCUT2D eigenvalue weighted by molar-refractivity contribution is 9.10. The highest BCUT2D eigenvalue weighted by Crippen LogP contribution is 2.26. The number of aryl methyl sites for hydroxylation is 1. The van der Waals surface area contributed by atoms with Crippen LogP contribution in [0.2, 0.25) is 0 Å². The molecule has 2 rings (SSSR count). The summed E-state index contributed by atoms with van der Waals surface area (Å²) in [5.41, 5.74) is 1.77. The molecule has 1 unspecified atom stereocenters. The highest BCUT2D eigenvalue weighted by atomic mass is 79.9. The molecule has 0 radical (unpaired) electrons. The zero-order chi connectivity index (χ0) is 14.4. The Morgan fingerprint density at radius 1 is 1.45 bits per heavy atom. The lowest BCUT2D eigenvalue weighted by Crippen LogP contribution is -2.13. The Morgan fingerprint density at radius 2 is 2.30 bits per heavy atom. The SMILES string of the molecule is COCCn1ncc(Br)c1C(O)CCc1ccccn1. The van der Waals surface area contributed by atoms with Gasteiger partial charge in [-0.2, -0.15) is 5.10 Å². The van der Waals surface area contributed by atoms with Crippen LogP contribution in [-0.4, -0.2) is 33.6 Å². The summed E-state index contributed by atoms with van der Waals surface area (Å²) in [6, 6.07) is 5.80. The molecule has 0 aromatic carbocycles. The van der Waals surface area contributed by atoms with Gasteiger partial charge in [-0.1, -0.05) is 6.07 Å². The predicted molar refractivity (Wildman–Crippen MR) is 79.3 cm³/mol. The van der Waals surface area contributed by atoms with Gasteiger partial charge in [-0.25, -0.2) is 0 Å². The summed E-state index contributed by atoms with van der Waals surface area (Å²) in [4.78, 5) is 4.26. The lowest BCUT2D eigenvalue weighted by atomic mass is 10.1. The maximum atomic E-state index is 10.4. The zero-order valence-corrected chi connectivity index (χ0v) is 13.0. The molecule has 0 bridgehead atoms. The van der Waals surface area contributed by atoms with E-state index in [2.05, 4.69) is 26.0 Å². The van der Waals surface area contributed by atoms with Crippen LogP contribution in [0, 0.1) is 0 Å². The van der Waals surface area contributed by atoms with Gasteiger partial charge in [0.05, 0.1) is 35.6 Å². The number of pyridine rings is 1. The molecular formula is C14H18BrN3O2. The molecule has 108 valence electrons. The van der Waals surface area contributed by atoms with Crippen LogP contribution >= 0.6 is 15.9 Å². The van der Waals surface area contributed by atoms with E-state index < -0.39 is 6.10 Å². The Bertz CT molecular complexity index is 530. The molecule has 0 saturated heterocycles. The first-order valence-electron chi connectivity index (χ1n) is 6.50. The van der Waals surface area contributed by atoms with E-state index in [4.69, 9.17) is 4.74 Å². The first-order chi connectivity index (χ1) is 9.72. The first kappa shape index (κ1) is 15.2. The fourth-order valence-corrected chi connectivity index (χ4v) is 2.59. The van der Waals surface area contributed by atoms with Crippen LogP contribution in [0.1, 0.15) is 23.9 Å². The topological polar surface area (TPSA) is 60.2 Å². The van der Waals surface area contributed by atoms with Gasteiger partial charge in [-0.15, -0.1) is 0 Å². The van der Waals surface area contributed by atoms with Gasteiger partial charge in [0.15, 0.2) is 0 Å². The molecule has 0 spiro atoms. The van der Waals surface area contributed by atoms with Crippen LogP contribution in [0.3, 0.4) is 0 Å². The Kier molecular flexibility index (Phi) is 5.70. The van der Waals surface area contributed by atoms with Crippen molar-refractivity contribution in [3.05, 3.63) is 46.5 Å². The second-order valence-electron chi connectivity index (χ2n) is 4.47. The number of rotatable bonds is 7. The van der Waals surface area contributed by atoms with E-state index in [0.29, 0.717) is 19.6 Å². The number of aliphatic hydroxyl groups excluding tert-OH is 1. The number of aromatic nitrogens is 3. The van der Waals surface area contributed by atoms with Crippen LogP contribution in [0.15, 0.2) is 35.1 Å². The number of ether oxygens (including phenoxy) is 1. The minimum Gasteiger partial charge on any atom is -0.387 e. The fraction of sp³-hybridized carbons (Fsp3) is 0.429. The van der Waals surface area contributed by atoms with Gasteiger partial charge >= 0.3 is 0 Å². The van der Waals surface area contributed by atoms with Gasteiger partial charge in [0.1, 0.15) is 0 Å². The summed E-state index contributed by atoms with van der Waals surface area (Å²) in [6.45, 7) is 1.19. The highest BCUT2D eigenvalue weighted by Gasteiger charge is 2.17. The van der Waals surface area contributed by atoms with E-state index >= 15 is 0 Å². The van der Waals surface area contributed by atoms with Crippen molar-refractivity contribution in [1.29, 1.82) is 0 Å². The molecule has 0 amide bonds. The second kappa shape index (κ2) is 7.52. The van der Waals surface area contributed by atoms with Gasteiger partial charge in [0.25, 0.3) is 0 Å². The number of hydrogen-bond acceptors (Lipinski definition) is 4.